The van der Waals surface area contributed by atoms with Crippen LogP contribution in [0.5, 0.6) is 0 Å². The van der Waals surface area contributed by atoms with Gasteiger partial charge in [-0.05, 0) is 27.7 Å². The van der Waals surface area contributed by atoms with E-state index in [-0.39, 0.29) is 11.1 Å². The van der Waals surface area contributed by atoms with Crippen molar-refractivity contribution in [1.29, 1.82) is 0 Å². The van der Waals surface area contributed by atoms with Gasteiger partial charge in [-0.1, -0.05) is 0 Å². The Morgan fingerprint density at radius 3 is 1.56 bits per heavy atom. The molecule has 2 N–H and O–H groups in total. The van der Waals surface area contributed by atoms with Crippen molar-refractivity contribution in [2.45, 2.75) is 51.6 Å². The predicted molar refractivity (Wildman–Crippen MR) is 47.8 cm³/mol. The van der Waals surface area contributed by atoms with Gasteiger partial charge < -0.3 is 5.32 Å². The number of hydrogen-bond donors (Lipinski definition) is 2. The van der Waals surface area contributed by atoms with Crippen LogP contribution in [0, 0.1) is 10.2 Å². The van der Waals surface area contributed by atoms with E-state index in [1.54, 1.807) is 0 Å². The van der Waals surface area contributed by atoms with Crippen molar-refractivity contribution < 1.29 is 33.7 Å². The molecule has 0 unspecified atom stereocenters. The number of halogens is 1. The number of carbonyl (C=O) groups excluding carboxylic acids is 1. The average Bonchev–Trinajstić information content (AvgIpc) is 1.69. The highest BCUT2D eigenvalue weighted by atomic mass is 35.7. The Morgan fingerprint density at radius 1 is 1.12 bits per heavy atom. The van der Waals surface area contributed by atoms with Gasteiger partial charge in [0.15, 0.2) is 0 Å². The topological polar surface area (TPSA) is 119 Å². The number of ketones is 1. The molecule has 0 aromatic carbocycles. The quantitative estimate of drug-likeness (QED) is 0.489. The minimum Gasteiger partial charge on any atom is -0.306 e. The molecule has 0 saturated carbocycles. The van der Waals surface area contributed by atoms with Gasteiger partial charge in [-0.15, -0.1) is 0 Å². The number of hydrogen-bond acceptors (Lipinski definition) is 6. The molecule has 1 saturated heterocycles. The van der Waals surface area contributed by atoms with Crippen LogP contribution >= 0.6 is 0 Å². The first kappa shape index (κ1) is 15.8. The predicted octanol–water partition coefficient (Wildman–Crippen LogP) is -2.63. The maximum absolute atomic E-state index is 11.3. The minimum atomic E-state index is -4.69. The van der Waals surface area contributed by atoms with E-state index in [9.17, 15) is 4.79 Å². The Bertz CT molecular complexity index is 235. The van der Waals surface area contributed by atoms with Gasteiger partial charge in [-0.25, -0.2) is 0 Å². The summed E-state index contributed by atoms with van der Waals surface area (Å²) in [4.78, 5) is 11.3. The van der Waals surface area contributed by atoms with E-state index in [1.165, 1.54) is 0 Å². The first-order valence-electron chi connectivity index (χ1n) is 4.75. The zero-order valence-corrected chi connectivity index (χ0v) is 10.6. The summed E-state index contributed by atoms with van der Waals surface area (Å²) < 4.78 is 32.7. The lowest BCUT2D eigenvalue weighted by Crippen LogP contribution is -2.58. The molecule has 7 heteroatoms. The van der Waals surface area contributed by atoms with Gasteiger partial charge in [-0.2, -0.15) is 14.0 Å². The van der Waals surface area contributed by atoms with Crippen LogP contribution in [-0.2, 0) is 4.79 Å². The summed E-state index contributed by atoms with van der Waals surface area (Å²) in [5.41, 5.74) is -0.0301. The molecule has 0 radical (unpaired) electrons. The Balaban J connectivity index is 0.000000385. The fraction of sp³-hybridized carbons (Fsp3) is 0.889. The molecular weight excluding hydrogens is 238 g/mol. The maximum atomic E-state index is 11.3. The van der Waals surface area contributed by atoms with E-state index >= 15 is 0 Å². The summed E-state index contributed by atoms with van der Waals surface area (Å²) in [6.07, 6.45) is 1.33. The lowest BCUT2D eigenvalue weighted by atomic mass is 9.82. The molecule has 0 bridgehead atoms. The normalized spacial score (nSPS) is 23.4. The van der Waals surface area contributed by atoms with Crippen molar-refractivity contribution in [1.82, 2.24) is 5.32 Å². The van der Waals surface area contributed by atoms with Crippen LogP contribution < -0.4 is 19.3 Å². The van der Waals surface area contributed by atoms with Crippen molar-refractivity contribution in [2.24, 2.45) is 0 Å². The van der Waals surface area contributed by atoms with Gasteiger partial charge in [-0.3, -0.25) is 4.79 Å². The standard InChI is InChI=1S/C9H17NO.ClHO4/c1-8(2)5-7(11)6-9(3,4)10-8;2-1(3,4)5/h10H,5-6H2,1-4H3;(H,2,3,4,5). The highest BCUT2D eigenvalue weighted by molar-refractivity contribution is 5.81. The van der Waals surface area contributed by atoms with Gasteiger partial charge >= 0.3 is 0 Å². The minimum absolute atomic E-state index is 0.0150. The second-order valence-corrected chi connectivity index (χ2v) is 5.97. The van der Waals surface area contributed by atoms with Crippen LogP contribution in [-0.4, -0.2) is 21.5 Å². The summed E-state index contributed by atoms with van der Waals surface area (Å²) >= 11 is 0. The number of rotatable bonds is 0. The number of nitrogens with one attached hydrogen (secondary N) is 1. The van der Waals surface area contributed by atoms with Crippen molar-refractivity contribution in [2.75, 3.05) is 0 Å². The lowest BCUT2D eigenvalue weighted by Gasteiger charge is -2.41. The Labute approximate surface area is 97.0 Å². The molecule has 1 fully saturated rings. The summed E-state index contributed by atoms with van der Waals surface area (Å²) in [6.45, 7) is 8.30. The first-order valence-corrected chi connectivity index (χ1v) is 6.01. The molecule has 1 rings (SSSR count). The summed E-state index contributed by atoms with van der Waals surface area (Å²) in [5.74, 6) is 0.374. The zero-order chi connectivity index (χ0) is 13.2. The van der Waals surface area contributed by atoms with Crippen LogP contribution in [0.25, 0.3) is 0 Å². The van der Waals surface area contributed by atoms with Crippen molar-refractivity contribution >= 4 is 5.78 Å². The molecule has 1 heterocycles. The fourth-order valence-electron chi connectivity index (χ4n) is 2.05. The average molecular weight is 256 g/mol. The Kier molecular flexibility index (Phi) is 4.88. The third kappa shape index (κ3) is 9.02. The summed E-state index contributed by atoms with van der Waals surface area (Å²) in [5, 5.41) is 3.44. The van der Waals surface area contributed by atoms with Gasteiger partial charge in [0.1, 0.15) is 5.78 Å². The van der Waals surface area contributed by atoms with Crippen LogP contribution in [0.1, 0.15) is 40.5 Å². The number of carbonyl (C=O) groups is 1. The Morgan fingerprint density at radius 2 is 1.38 bits per heavy atom. The Hall–Kier alpha value is -0.240. The monoisotopic (exact) mass is 255 g/mol. The summed E-state index contributed by atoms with van der Waals surface area (Å²) in [6, 6.07) is 0. The molecule has 6 nitrogen and oxygen atoms in total. The SMILES string of the molecule is CC1(C)CC(=O)CC(C)(C)N1.[O-][Cl+3]([O-])([O-])O. The molecular formula is C9H18ClNO5. The van der Waals surface area contributed by atoms with Crippen LogP contribution in [0.3, 0.4) is 0 Å². The van der Waals surface area contributed by atoms with Crippen LogP contribution in [0.15, 0.2) is 0 Å². The van der Waals surface area contributed by atoms with E-state index in [1.807, 2.05) is 0 Å². The van der Waals surface area contributed by atoms with E-state index in [0.717, 1.165) is 0 Å². The van der Waals surface area contributed by atoms with Crippen molar-refractivity contribution in [3.8, 4) is 0 Å². The molecule has 0 spiro atoms. The zero-order valence-electron chi connectivity index (χ0n) is 9.87. The van der Waals surface area contributed by atoms with Crippen LogP contribution in [0.2, 0.25) is 0 Å². The number of piperidine rings is 1. The fourth-order valence-corrected chi connectivity index (χ4v) is 2.05. The molecule has 1 aliphatic rings. The second-order valence-electron chi connectivity index (χ2n) is 5.18. The van der Waals surface area contributed by atoms with E-state index in [2.05, 4.69) is 33.0 Å². The third-order valence-corrected chi connectivity index (χ3v) is 1.95. The largest absolute Gasteiger partial charge is 0.306 e. The maximum Gasteiger partial charge on any atom is 0.136 e. The highest BCUT2D eigenvalue weighted by Crippen LogP contribution is 2.25. The van der Waals surface area contributed by atoms with E-state index < -0.39 is 10.2 Å². The first-order chi connectivity index (χ1) is 6.81. The second kappa shape index (κ2) is 4.95. The molecule has 1 aliphatic heterocycles. The molecule has 0 aliphatic carbocycles. The molecule has 0 atom stereocenters. The molecule has 96 valence electrons. The number of Topliss-reactive ketones (excluding diaryl/α,β-unsaturated/α-hetero) is 1. The third-order valence-electron chi connectivity index (χ3n) is 1.95. The van der Waals surface area contributed by atoms with Gasteiger partial charge in [0, 0.05) is 23.9 Å². The van der Waals surface area contributed by atoms with Gasteiger partial charge in [0.2, 0.25) is 0 Å². The van der Waals surface area contributed by atoms with E-state index in [0.29, 0.717) is 18.6 Å². The van der Waals surface area contributed by atoms with Gasteiger partial charge in [0.05, 0.1) is 14.9 Å². The molecule has 16 heavy (non-hydrogen) atoms. The highest BCUT2D eigenvalue weighted by Gasteiger charge is 2.36. The van der Waals surface area contributed by atoms with E-state index in [4.69, 9.17) is 18.6 Å². The molecule has 0 aromatic rings. The lowest BCUT2D eigenvalue weighted by molar-refractivity contribution is -1.92. The smallest absolute Gasteiger partial charge is 0.136 e. The van der Waals surface area contributed by atoms with Gasteiger partial charge in [0.25, 0.3) is 0 Å². The van der Waals surface area contributed by atoms with Crippen molar-refractivity contribution in [3.63, 3.8) is 0 Å². The van der Waals surface area contributed by atoms with Crippen LogP contribution in [0.4, 0.5) is 0 Å². The summed E-state index contributed by atoms with van der Waals surface area (Å²) in [7, 11) is -4.69. The molecule has 0 aromatic heterocycles. The van der Waals surface area contributed by atoms with Crippen molar-refractivity contribution in [3.05, 3.63) is 0 Å². The molecule has 0 amide bonds.